The summed E-state index contributed by atoms with van der Waals surface area (Å²) >= 11 is 0. The van der Waals surface area contributed by atoms with E-state index in [1.54, 1.807) is 17.3 Å². The van der Waals surface area contributed by atoms with Crippen molar-refractivity contribution in [1.82, 2.24) is 9.88 Å². The Morgan fingerprint density at radius 3 is 2.59 bits per heavy atom. The summed E-state index contributed by atoms with van der Waals surface area (Å²) < 4.78 is 39.1. The Morgan fingerprint density at radius 1 is 1.16 bits per heavy atom. The SMILES string of the molecule is C=CC(=O)N1CCc2cc(NCc3cccnc3)c(-c3ccc(C(F)(F)F)cc3)cc2C1. The maximum Gasteiger partial charge on any atom is 0.416 e. The van der Waals surface area contributed by atoms with E-state index in [0.29, 0.717) is 31.6 Å². The maximum atomic E-state index is 13.0. The van der Waals surface area contributed by atoms with Crippen LogP contribution in [-0.2, 0) is 30.5 Å². The highest BCUT2D eigenvalue weighted by Crippen LogP contribution is 2.36. The van der Waals surface area contributed by atoms with Gasteiger partial charge in [0.15, 0.2) is 0 Å². The van der Waals surface area contributed by atoms with E-state index < -0.39 is 11.7 Å². The van der Waals surface area contributed by atoms with Gasteiger partial charge >= 0.3 is 6.18 Å². The van der Waals surface area contributed by atoms with Crippen molar-refractivity contribution in [3.63, 3.8) is 0 Å². The minimum atomic E-state index is -4.39. The van der Waals surface area contributed by atoms with E-state index in [2.05, 4.69) is 16.9 Å². The molecule has 1 aliphatic heterocycles. The Kier molecular flexibility index (Phi) is 5.99. The molecule has 0 bridgehead atoms. The average Bonchev–Trinajstić information content (AvgIpc) is 2.81. The van der Waals surface area contributed by atoms with Gasteiger partial charge in [0.05, 0.1) is 5.56 Å². The number of amides is 1. The van der Waals surface area contributed by atoms with Gasteiger partial charge in [-0.1, -0.05) is 24.8 Å². The van der Waals surface area contributed by atoms with Crippen LogP contribution in [0.1, 0.15) is 22.3 Å². The number of fused-ring (bicyclic) bond motifs is 1. The molecule has 0 spiro atoms. The first kappa shape index (κ1) is 21.6. The molecule has 1 amide bonds. The number of nitrogens with zero attached hydrogens (tertiary/aromatic N) is 2. The van der Waals surface area contributed by atoms with Gasteiger partial charge in [-0.2, -0.15) is 13.2 Å². The van der Waals surface area contributed by atoms with E-state index in [9.17, 15) is 18.0 Å². The number of rotatable bonds is 5. The van der Waals surface area contributed by atoms with Crippen molar-refractivity contribution in [3.05, 3.63) is 95.8 Å². The van der Waals surface area contributed by atoms with Crippen LogP contribution in [0.15, 0.2) is 73.6 Å². The summed E-state index contributed by atoms with van der Waals surface area (Å²) in [6.07, 6.45) is 1.07. The first-order chi connectivity index (χ1) is 15.3. The number of anilines is 1. The number of hydrogen-bond donors (Lipinski definition) is 1. The van der Waals surface area contributed by atoms with Crippen LogP contribution < -0.4 is 5.32 Å². The van der Waals surface area contributed by atoms with Gasteiger partial charge in [-0.25, -0.2) is 0 Å². The lowest BCUT2D eigenvalue weighted by Gasteiger charge is -2.29. The predicted octanol–water partition coefficient (Wildman–Crippen LogP) is 5.45. The summed E-state index contributed by atoms with van der Waals surface area (Å²) in [5.74, 6) is -0.134. The standard InChI is InChI=1S/C25H22F3N3O/c1-2-24(32)31-11-9-19-13-23(30-15-17-4-3-10-29-14-17)22(12-20(19)16-31)18-5-7-21(8-6-18)25(26,27)28/h2-8,10,12-14,30H,1,9,11,15-16H2. The zero-order valence-corrected chi connectivity index (χ0v) is 17.3. The number of halogens is 3. The number of pyridine rings is 1. The lowest BCUT2D eigenvalue weighted by molar-refractivity contribution is -0.137. The van der Waals surface area contributed by atoms with E-state index in [1.165, 1.54) is 18.2 Å². The van der Waals surface area contributed by atoms with Crippen molar-refractivity contribution in [2.75, 3.05) is 11.9 Å². The molecule has 0 saturated carbocycles. The lowest BCUT2D eigenvalue weighted by Crippen LogP contribution is -2.34. The third-order valence-electron chi connectivity index (χ3n) is 5.57. The van der Waals surface area contributed by atoms with Crippen LogP contribution in [0.3, 0.4) is 0 Å². The monoisotopic (exact) mass is 437 g/mol. The zero-order valence-electron chi connectivity index (χ0n) is 17.3. The summed E-state index contributed by atoms with van der Waals surface area (Å²) in [6, 6.07) is 13.0. The fourth-order valence-corrected chi connectivity index (χ4v) is 3.85. The fraction of sp³-hybridized carbons (Fsp3) is 0.200. The normalized spacial score (nSPS) is 13.4. The van der Waals surface area contributed by atoms with E-state index in [-0.39, 0.29) is 5.91 Å². The lowest BCUT2D eigenvalue weighted by atomic mass is 9.92. The molecule has 1 aliphatic rings. The van der Waals surface area contributed by atoms with Crippen LogP contribution in [0.25, 0.3) is 11.1 Å². The largest absolute Gasteiger partial charge is 0.416 e. The Bertz CT molecular complexity index is 1130. The topological polar surface area (TPSA) is 45.2 Å². The highest BCUT2D eigenvalue weighted by molar-refractivity contribution is 5.87. The van der Waals surface area contributed by atoms with Gasteiger partial charge in [0.25, 0.3) is 0 Å². The van der Waals surface area contributed by atoms with E-state index >= 15 is 0 Å². The molecule has 0 aliphatic carbocycles. The van der Waals surface area contributed by atoms with Crippen LogP contribution in [0.5, 0.6) is 0 Å². The van der Waals surface area contributed by atoms with Crippen LogP contribution >= 0.6 is 0 Å². The molecule has 2 aromatic carbocycles. The molecule has 1 aromatic heterocycles. The number of hydrogen-bond acceptors (Lipinski definition) is 3. The molecule has 0 saturated heterocycles. The molecule has 164 valence electrons. The molecule has 2 heterocycles. The summed E-state index contributed by atoms with van der Waals surface area (Å²) in [7, 11) is 0. The zero-order chi connectivity index (χ0) is 22.7. The van der Waals surface area contributed by atoms with Crippen LogP contribution in [0, 0.1) is 0 Å². The quantitative estimate of drug-likeness (QED) is 0.540. The minimum absolute atomic E-state index is 0.134. The van der Waals surface area contributed by atoms with Crippen molar-refractivity contribution < 1.29 is 18.0 Å². The molecule has 3 aromatic rings. The Hall–Kier alpha value is -3.61. The number of benzene rings is 2. The average molecular weight is 437 g/mol. The first-order valence-electron chi connectivity index (χ1n) is 10.2. The van der Waals surface area contributed by atoms with Gasteiger partial charge in [0, 0.05) is 43.3 Å². The molecule has 0 unspecified atom stereocenters. The number of carbonyl (C=O) groups is 1. The molecule has 32 heavy (non-hydrogen) atoms. The van der Waals surface area contributed by atoms with Gasteiger partial charge in [0.2, 0.25) is 5.91 Å². The predicted molar refractivity (Wildman–Crippen MR) is 118 cm³/mol. The van der Waals surface area contributed by atoms with Crippen molar-refractivity contribution >= 4 is 11.6 Å². The minimum Gasteiger partial charge on any atom is -0.380 e. The molecular weight excluding hydrogens is 415 g/mol. The van der Waals surface area contributed by atoms with Gasteiger partial charge in [-0.15, -0.1) is 0 Å². The van der Waals surface area contributed by atoms with E-state index in [0.717, 1.165) is 40.1 Å². The second-order valence-corrected chi connectivity index (χ2v) is 7.67. The number of aromatic nitrogens is 1. The number of carbonyl (C=O) groups excluding carboxylic acids is 1. The van der Waals surface area contributed by atoms with Crippen molar-refractivity contribution in [2.24, 2.45) is 0 Å². The smallest absolute Gasteiger partial charge is 0.380 e. The van der Waals surface area contributed by atoms with E-state index in [1.807, 2.05) is 24.3 Å². The fourth-order valence-electron chi connectivity index (χ4n) is 3.85. The molecule has 0 atom stereocenters. The summed E-state index contributed by atoms with van der Waals surface area (Å²) in [5, 5.41) is 3.41. The third-order valence-corrected chi connectivity index (χ3v) is 5.57. The van der Waals surface area contributed by atoms with Crippen molar-refractivity contribution in [2.45, 2.75) is 25.7 Å². The molecule has 4 nitrogen and oxygen atoms in total. The highest BCUT2D eigenvalue weighted by Gasteiger charge is 2.30. The van der Waals surface area contributed by atoms with Gasteiger partial charge < -0.3 is 10.2 Å². The van der Waals surface area contributed by atoms with Crippen LogP contribution in [0.4, 0.5) is 18.9 Å². The van der Waals surface area contributed by atoms with Gasteiger partial charge in [-0.05, 0) is 65.1 Å². The van der Waals surface area contributed by atoms with E-state index in [4.69, 9.17) is 0 Å². The van der Waals surface area contributed by atoms with Crippen molar-refractivity contribution in [3.8, 4) is 11.1 Å². The Balaban J connectivity index is 1.71. The molecule has 1 N–H and O–H groups in total. The van der Waals surface area contributed by atoms with Gasteiger partial charge in [-0.3, -0.25) is 9.78 Å². The molecule has 4 rings (SSSR count). The van der Waals surface area contributed by atoms with Crippen molar-refractivity contribution in [1.29, 1.82) is 0 Å². The van der Waals surface area contributed by atoms with Gasteiger partial charge in [0.1, 0.15) is 0 Å². The summed E-state index contributed by atoms with van der Waals surface area (Å²) in [4.78, 5) is 17.9. The maximum absolute atomic E-state index is 13.0. The Morgan fingerprint density at radius 2 is 1.94 bits per heavy atom. The first-order valence-corrected chi connectivity index (χ1v) is 10.2. The second kappa shape index (κ2) is 8.86. The summed E-state index contributed by atoms with van der Waals surface area (Å²) in [5.41, 5.74) is 4.68. The van der Waals surface area contributed by atoms with Crippen LogP contribution in [0.2, 0.25) is 0 Å². The molecule has 7 heteroatoms. The molecule has 0 radical (unpaired) electrons. The molecular formula is C25H22F3N3O. The highest BCUT2D eigenvalue weighted by atomic mass is 19.4. The van der Waals surface area contributed by atoms with Crippen LogP contribution in [-0.4, -0.2) is 22.3 Å². The number of nitrogens with one attached hydrogen (secondary N) is 1. The second-order valence-electron chi connectivity index (χ2n) is 7.67. The third kappa shape index (κ3) is 4.66. The molecule has 0 fully saturated rings. The Labute approximate surface area is 184 Å². The number of alkyl halides is 3. The summed E-state index contributed by atoms with van der Waals surface area (Å²) in [6.45, 7) is 5.12.